The van der Waals surface area contributed by atoms with Crippen LogP contribution in [0, 0.1) is 0 Å². The highest BCUT2D eigenvalue weighted by atomic mass is 32.2. The second-order valence-electron chi connectivity index (χ2n) is 4.84. The minimum Gasteiger partial charge on any atom is -0.326 e. The van der Waals surface area contributed by atoms with E-state index in [9.17, 15) is 8.42 Å². The minimum atomic E-state index is -2.90. The molecule has 0 saturated heterocycles. The molecule has 18 heavy (non-hydrogen) atoms. The Hall–Kier alpha value is -0.910. The van der Waals surface area contributed by atoms with E-state index < -0.39 is 9.84 Å². The highest BCUT2D eigenvalue weighted by molar-refractivity contribution is 7.90. The van der Waals surface area contributed by atoms with Crippen LogP contribution in [-0.2, 0) is 16.3 Å². The van der Waals surface area contributed by atoms with Crippen LogP contribution in [0.25, 0.3) is 0 Å². The van der Waals surface area contributed by atoms with Gasteiger partial charge in [-0.3, -0.25) is 0 Å². The molecule has 1 rings (SSSR count). The maximum atomic E-state index is 11.1. The first-order valence-electron chi connectivity index (χ1n) is 6.02. The Labute approximate surface area is 110 Å². The smallest absolute Gasteiger partial charge is 0.148 e. The Morgan fingerprint density at radius 2 is 1.89 bits per heavy atom. The summed E-state index contributed by atoms with van der Waals surface area (Å²) in [4.78, 5) is 1.97. The molecule has 1 aromatic carbocycles. The molecule has 0 heterocycles. The summed E-state index contributed by atoms with van der Waals surface area (Å²) in [6.07, 6.45) is 2.06. The maximum absolute atomic E-state index is 11.1. The predicted octanol–water partition coefficient (Wildman–Crippen LogP) is 0.533. The summed E-state index contributed by atoms with van der Waals surface area (Å²) in [6.45, 7) is 1.23. The fourth-order valence-corrected chi connectivity index (χ4v) is 2.44. The first-order valence-corrected chi connectivity index (χ1v) is 8.08. The van der Waals surface area contributed by atoms with Crippen LogP contribution in [0.1, 0.15) is 5.56 Å². The Balaban J connectivity index is 2.34. The lowest BCUT2D eigenvalue weighted by atomic mass is 10.1. The molecule has 4 nitrogen and oxygen atoms in total. The van der Waals surface area contributed by atoms with Gasteiger partial charge in [0, 0.05) is 25.4 Å². The minimum absolute atomic E-state index is 0.0250. The van der Waals surface area contributed by atoms with Crippen LogP contribution >= 0.6 is 0 Å². The van der Waals surface area contributed by atoms with Crippen LogP contribution in [0.15, 0.2) is 30.3 Å². The van der Waals surface area contributed by atoms with Gasteiger partial charge in [0.2, 0.25) is 0 Å². The van der Waals surface area contributed by atoms with E-state index in [0.717, 1.165) is 6.42 Å². The highest BCUT2D eigenvalue weighted by Crippen LogP contribution is 2.02. The summed E-state index contributed by atoms with van der Waals surface area (Å²) >= 11 is 0. The van der Waals surface area contributed by atoms with Gasteiger partial charge in [-0.15, -0.1) is 0 Å². The summed E-state index contributed by atoms with van der Waals surface area (Å²) in [5.41, 5.74) is 7.26. The van der Waals surface area contributed by atoms with Crippen molar-refractivity contribution in [3.05, 3.63) is 35.9 Å². The van der Waals surface area contributed by atoms with Gasteiger partial charge in [0.05, 0.1) is 5.75 Å². The molecule has 0 unspecified atom stereocenters. The van der Waals surface area contributed by atoms with Crippen LogP contribution < -0.4 is 5.73 Å². The van der Waals surface area contributed by atoms with Crippen molar-refractivity contribution in [1.29, 1.82) is 0 Å². The van der Waals surface area contributed by atoms with Crippen LogP contribution in [-0.4, -0.2) is 51.5 Å². The topological polar surface area (TPSA) is 63.4 Å². The van der Waals surface area contributed by atoms with E-state index in [1.807, 2.05) is 30.1 Å². The number of hydrogen-bond donors (Lipinski definition) is 1. The molecule has 0 bridgehead atoms. The van der Waals surface area contributed by atoms with E-state index in [1.54, 1.807) is 0 Å². The average molecular weight is 270 g/mol. The van der Waals surface area contributed by atoms with Gasteiger partial charge in [0.25, 0.3) is 0 Å². The van der Waals surface area contributed by atoms with Crippen molar-refractivity contribution in [2.75, 3.05) is 32.1 Å². The van der Waals surface area contributed by atoms with Crippen LogP contribution in [0.3, 0.4) is 0 Å². The number of sulfone groups is 1. The zero-order valence-electron chi connectivity index (χ0n) is 11.0. The van der Waals surface area contributed by atoms with E-state index >= 15 is 0 Å². The van der Waals surface area contributed by atoms with Gasteiger partial charge < -0.3 is 10.6 Å². The highest BCUT2D eigenvalue weighted by Gasteiger charge is 2.10. The van der Waals surface area contributed by atoms with Crippen LogP contribution in [0.5, 0.6) is 0 Å². The lowest BCUT2D eigenvalue weighted by molar-refractivity contribution is 0.326. The first-order chi connectivity index (χ1) is 8.37. The third-order valence-electron chi connectivity index (χ3n) is 2.73. The van der Waals surface area contributed by atoms with E-state index in [-0.39, 0.29) is 11.8 Å². The molecule has 1 aromatic rings. The predicted molar refractivity (Wildman–Crippen MR) is 75.3 cm³/mol. The van der Waals surface area contributed by atoms with Gasteiger partial charge in [0.1, 0.15) is 9.84 Å². The van der Waals surface area contributed by atoms with Crippen molar-refractivity contribution in [2.24, 2.45) is 5.73 Å². The van der Waals surface area contributed by atoms with E-state index in [2.05, 4.69) is 12.1 Å². The first kappa shape index (κ1) is 15.1. The van der Waals surface area contributed by atoms with Gasteiger partial charge >= 0.3 is 0 Å². The maximum Gasteiger partial charge on any atom is 0.148 e. The molecule has 0 aliphatic carbocycles. The molecular weight excluding hydrogens is 248 g/mol. The van der Waals surface area contributed by atoms with Gasteiger partial charge in [-0.2, -0.15) is 0 Å². The van der Waals surface area contributed by atoms with Gasteiger partial charge in [0.15, 0.2) is 0 Å². The summed E-state index contributed by atoms with van der Waals surface area (Å²) in [5.74, 6) is 0.182. The van der Waals surface area contributed by atoms with Crippen molar-refractivity contribution in [2.45, 2.75) is 12.5 Å². The second-order valence-corrected chi connectivity index (χ2v) is 7.10. The summed E-state index contributed by atoms with van der Waals surface area (Å²) in [5, 5.41) is 0. The molecule has 1 atom stereocenters. The third kappa shape index (κ3) is 6.74. The monoisotopic (exact) mass is 270 g/mol. The fourth-order valence-electron chi connectivity index (χ4n) is 1.79. The number of benzene rings is 1. The summed E-state index contributed by atoms with van der Waals surface area (Å²) in [6, 6.07) is 10.1. The molecule has 0 saturated carbocycles. The number of likely N-dealkylation sites (N-methyl/N-ethyl adjacent to an activating group) is 1. The molecule has 0 aromatic heterocycles. The van der Waals surface area contributed by atoms with E-state index in [4.69, 9.17) is 5.73 Å². The number of nitrogens with two attached hydrogens (primary N) is 1. The Morgan fingerprint density at radius 1 is 1.28 bits per heavy atom. The van der Waals surface area contributed by atoms with Crippen molar-refractivity contribution in [3.8, 4) is 0 Å². The third-order valence-corrected chi connectivity index (χ3v) is 3.65. The molecule has 102 valence electrons. The van der Waals surface area contributed by atoms with Crippen LogP contribution in [0.4, 0.5) is 0 Å². The summed E-state index contributed by atoms with van der Waals surface area (Å²) in [7, 11) is -0.998. The van der Waals surface area contributed by atoms with Gasteiger partial charge in [-0.25, -0.2) is 8.42 Å². The Bertz CT molecular complexity index is 445. The molecule has 5 heteroatoms. The zero-order chi connectivity index (χ0) is 13.6. The lowest BCUT2D eigenvalue weighted by Crippen LogP contribution is -2.38. The summed E-state index contributed by atoms with van der Waals surface area (Å²) < 4.78 is 22.1. The Morgan fingerprint density at radius 3 is 2.44 bits per heavy atom. The van der Waals surface area contributed by atoms with Crippen LogP contribution in [0.2, 0.25) is 0 Å². The van der Waals surface area contributed by atoms with Gasteiger partial charge in [-0.05, 0) is 19.0 Å². The average Bonchev–Trinajstić information content (AvgIpc) is 2.26. The molecular formula is C13H22N2O2S. The van der Waals surface area contributed by atoms with Gasteiger partial charge in [-0.1, -0.05) is 30.3 Å². The van der Waals surface area contributed by atoms with Crippen molar-refractivity contribution in [1.82, 2.24) is 4.90 Å². The standard InChI is InChI=1S/C13H22N2O2S/c1-15(8-9-18(2,16)17)11-13(14)10-12-6-4-3-5-7-12/h3-7,13H,8-11,14H2,1-2H3/t13-/m0/s1. The number of nitrogens with zero attached hydrogens (tertiary/aromatic N) is 1. The molecule has 0 fully saturated rings. The van der Waals surface area contributed by atoms with E-state index in [0.29, 0.717) is 13.1 Å². The molecule has 0 radical (unpaired) electrons. The molecule has 0 spiro atoms. The van der Waals surface area contributed by atoms with Crippen molar-refractivity contribution >= 4 is 9.84 Å². The molecule has 0 aliphatic rings. The SMILES string of the molecule is CN(CCS(C)(=O)=O)C[C@@H](N)Cc1ccccc1. The number of hydrogen-bond acceptors (Lipinski definition) is 4. The normalized spacial score (nSPS) is 13.8. The van der Waals surface area contributed by atoms with Crippen molar-refractivity contribution in [3.63, 3.8) is 0 Å². The zero-order valence-corrected chi connectivity index (χ0v) is 11.9. The molecule has 0 aliphatic heterocycles. The lowest BCUT2D eigenvalue weighted by Gasteiger charge is -2.20. The van der Waals surface area contributed by atoms with Crippen molar-refractivity contribution < 1.29 is 8.42 Å². The fraction of sp³-hybridized carbons (Fsp3) is 0.538. The number of rotatable bonds is 7. The second kappa shape index (κ2) is 6.87. The Kier molecular flexibility index (Phi) is 5.78. The quantitative estimate of drug-likeness (QED) is 0.785. The van der Waals surface area contributed by atoms with E-state index in [1.165, 1.54) is 11.8 Å². The largest absolute Gasteiger partial charge is 0.326 e. The molecule has 0 amide bonds. The molecule has 2 N–H and O–H groups in total.